The van der Waals surface area contributed by atoms with E-state index < -0.39 is 0 Å². The van der Waals surface area contributed by atoms with Gasteiger partial charge in [-0.2, -0.15) is 0 Å². The number of fused-ring (bicyclic) bond motifs is 1. The second-order valence-corrected chi connectivity index (χ2v) is 6.41. The van der Waals surface area contributed by atoms with E-state index in [1.165, 1.54) is 57.4 Å². The maximum absolute atomic E-state index is 5.56. The summed E-state index contributed by atoms with van der Waals surface area (Å²) in [5, 5.41) is 0. The van der Waals surface area contributed by atoms with Crippen LogP contribution in [0.25, 0.3) is 0 Å². The van der Waals surface area contributed by atoms with Crippen molar-refractivity contribution in [3.8, 4) is 5.75 Å². The zero-order valence-electron chi connectivity index (χ0n) is 14.2. The molecule has 3 heteroatoms. The molecule has 0 bridgehead atoms. The molecule has 0 unspecified atom stereocenters. The fourth-order valence-electron chi connectivity index (χ4n) is 3.33. The Bertz CT molecular complexity index is 555. The first kappa shape index (κ1) is 16.1. The molecule has 1 aromatic rings. The molecule has 1 aromatic carbocycles. The lowest BCUT2D eigenvalue weighted by atomic mass is 10.0. The molecule has 0 saturated carbocycles. The van der Waals surface area contributed by atoms with Crippen molar-refractivity contribution in [2.24, 2.45) is 0 Å². The Hall–Kier alpha value is -1.74. The predicted molar refractivity (Wildman–Crippen MR) is 96.8 cm³/mol. The Kier molecular flexibility index (Phi) is 5.76. The number of piperidine rings is 1. The summed E-state index contributed by atoms with van der Waals surface area (Å²) in [6.07, 6.45) is 12.5. The summed E-state index contributed by atoms with van der Waals surface area (Å²) in [6, 6.07) is 8.25. The van der Waals surface area contributed by atoms with Crippen molar-refractivity contribution in [2.75, 3.05) is 31.1 Å². The molecule has 1 fully saturated rings. The number of hydrogen-bond acceptors (Lipinski definition) is 3. The van der Waals surface area contributed by atoms with Crippen LogP contribution in [0.3, 0.4) is 0 Å². The van der Waals surface area contributed by atoms with Crippen LogP contribution in [0.5, 0.6) is 5.75 Å². The maximum atomic E-state index is 5.56. The molecule has 0 radical (unpaired) electrons. The zero-order chi connectivity index (χ0) is 15.9. The van der Waals surface area contributed by atoms with Crippen molar-refractivity contribution >= 4 is 5.69 Å². The van der Waals surface area contributed by atoms with Gasteiger partial charge in [0.05, 0.1) is 5.69 Å². The van der Waals surface area contributed by atoms with Crippen LogP contribution < -0.4 is 9.64 Å². The summed E-state index contributed by atoms with van der Waals surface area (Å²) in [5.41, 5.74) is 2.85. The van der Waals surface area contributed by atoms with Crippen molar-refractivity contribution in [3.05, 3.63) is 48.4 Å². The second-order valence-electron chi connectivity index (χ2n) is 6.41. The topological polar surface area (TPSA) is 15.7 Å². The first-order valence-corrected chi connectivity index (χ1v) is 8.96. The monoisotopic (exact) mass is 312 g/mol. The van der Waals surface area contributed by atoms with E-state index in [-0.39, 0.29) is 0 Å². The van der Waals surface area contributed by atoms with Crippen LogP contribution in [-0.2, 0) is 0 Å². The average molecular weight is 312 g/mol. The van der Waals surface area contributed by atoms with Crippen molar-refractivity contribution in [1.82, 2.24) is 4.90 Å². The van der Waals surface area contributed by atoms with Crippen LogP contribution in [-0.4, -0.2) is 31.1 Å². The third-order valence-electron chi connectivity index (χ3n) is 4.70. The Balaban J connectivity index is 1.42. The fourth-order valence-corrected chi connectivity index (χ4v) is 3.33. The smallest absolute Gasteiger partial charge is 0.150 e. The molecule has 0 N–H and O–H groups in total. The summed E-state index contributed by atoms with van der Waals surface area (Å²) in [4.78, 5) is 4.91. The summed E-state index contributed by atoms with van der Waals surface area (Å²) in [5.74, 6) is 0.957. The van der Waals surface area contributed by atoms with Gasteiger partial charge in [-0.1, -0.05) is 37.1 Å². The minimum Gasteiger partial charge on any atom is -0.461 e. The summed E-state index contributed by atoms with van der Waals surface area (Å²) in [6.45, 7) is 6.95. The van der Waals surface area contributed by atoms with Crippen LogP contribution in [0.4, 0.5) is 5.69 Å². The number of benzene rings is 1. The highest BCUT2D eigenvalue weighted by Crippen LogP contribution is 2.31. The molecule has 2 heterocycles. The van der Waals surface area contributed by atoms with Gasteiger partial charge in [0.2, 0.25) is 0 Å². The van der Waals surface area contributed by atoms with Gasteiger partial charge in [-0.25, -0.2) is 0 Å². The molecule has 3 nitrogen and oxygen atoms in total. The van der Waals surface area contributed by atoms with Gasteiger partial charge < -0.3 is 14.5 Å². The highest BCUT2D eigenvalue weighted by Gasteiger charge is 2.16. The van der Waals surface area contributed by atoms with Crippen LogP contribution in [0.15, 0.2) is 48.4 Å². The lowest BCUT2D eigenvalue weighted by Gasteiger charge is -2.30. The molecule has 0 spiro atoms. The van der Waals surface area contributed by atoms with E-state index in [0.717, 1.165) is 12.3 Å². The summed E-state index contributed by atoms with van der Waals surface area (Å²) in [7, 11) is 0. The Labute approximate surface area is 140 Å². The van der Waals surface area contributed by atoms with Gasteiger partial charge in [0, 0.05) is 25.8 Å². The number of ether oxygens (including phenoxy) is 1. The summed E-state index contributed by atoms with van der Waals surface area (Å²) >= 11 is 0. The number of anilines is 1. The highest BCUT2D eigenvalue weighted by molar-refractivity contribution is 5.61. The molecule has 1 saturated heterocycles. The molecule has 2 aliphatic heterocycles. The Morgan fingerprint density at radius 2 is 1.96 bits per heavy atom. The fraction of sp³-hybridized carbons (Fsp3) is 0.500. The molecular formula is C20H28N2O. The summed E-state index contributed by atoms with van der Waals surface area (Å²) < 4.78 is 5.56. The van der Waals surface area contributed by atoms with Crippen LogP contribution in [0.1, 0.15) is 39.0 Å². The number of para-hydroxylation sites is 2. The molecule has 2 aliphatic rings. The number of likely N-dealkylation sites (tertiary alicyclic amines) is 1. The second kappa shape index (κ2) is 8.21. The number of rotatable bonds is 6. The third-order valence-corrected chi connectivity index (χ3v) is 4.70. The lowest BCUT2D eigenvalue weighted by Crippen LogP contribution is -2.33. The van der Waals surface area contributed by atoms with Gasteiger partial charge in [0.15, 0.2) is 0 Å². The number of nitrogens with zero attached hydrogens (tertiary/aromatic N) is 2. The van der Waals surface area contributed by atoms with E-state index in [9.17, 15) is 0 Å². The molecule has 0 aromatic heterocycles. The Morgan fingerprint density at radius 3 is 2.78 bits per heavy atom. The van der Waals surface area contributed by atoms with Gasteiger partial charge in [-0.15, -0.1) is 0 Å². The standard InChI is InChI=1S/C20H28N2O/c1-2-3-7-18-10-14-21(15-11-18)12-6-13-22-16-17-23-20-9-5-4-8-19(20)22/h4-5,7-9,16-17H,2-3,6,10-15H2,1H3. The maximum Gasteiger partial charge on any atom is 0.150 e. The normalized spacial score (nSPS) is 17.8. The number of unbranched alkanes of at least 4 members (excludes halogenated alkanes) is 1. The van der Waals surface area contributed by atoms with Crippen LogP contribution in [0.2, 0.25) is 0 Å². The number of hydrogen-bond donors (Lipinski definition) is 0. The van der Waals surface area contributed by atoms with Crippen LogP contribution in [0, 0.1) is 0 Å². The highest BCUT2D eigenvalue weighted by atomic mass is 16.5. The molecular weight excluding hydrogens is 284 g/mol. The van der Waals surface area contributed by atoms with Crippen molar-refractivity contribution in [3.63, 3.8) is 0 Å². The molecule has 0 amide bonds. The SMILES string of the molecule is CCCC=C1CCN(CCCN2C=COc3ccccc32)CC1. The molecule has 23 heavy (non-hydrogen) atoms. The van der Waals surface area contributed by atoms with E-state index in [1.807, 2.05) is 18.3 Å². The van der Waals surface area contributed by atoms with E-state index in [0.29, 0.717) is 0 Å². The van der Waals surface area contributed by atoms with Gasteiger partial charge in [0.25, 0.3) is 0 Å². The lowest BCUT2D eigenvalue weighted by molar-refractivity contribution is 0.254. The van der Waals surface area contributed by atoms with Gasteiger partial charge in [-0.3, -0.25) is 0 Å². The quantitative estimate of drug-likeness (QED) is 0.716. The average Bonchev–Trinajstić information content (AvgIpc) is 2.61. The minimum atomic E-state index is 0.957. The predicted octanol–water partition coefficient (Wildman–Crippen LogP) is 4.57. The van der Waals surface area contributed by atoms with Gasteiger partial charge in [0.1, 0.15) is 12.0 Å². The first-order valence-electron chi connectivity index (χ1n) is 8.96. The first-order chi connectivity index (χ1) is 11.4. The minimum absolute atomic E-state index is 0.957. The molecule has 0 atom stereocenters. The molecule has 0 aliphatic carbocycles. The zero-order valence-corrected chi connectivity index (χ0v) is 14.2. The van der Waals surface area contributed by atoms with Gasteiger partial charge in [-0.05, 0) is 44.4 Å². The van der Waals surface area contributed by atoms with E-state index in [1.54, 1.807) is 11.8 Å². The van der Waals surface area contributed by atoms with E-state index >= 15 is 0 Å². The molecule has 3 rings (SSSR count). The van der Waals surface area contributed by atoms with Crippen molar-refractivity contribution < 1.29 is 4.74 Å². The molecule has 124 valence electrons. The largest absolute Gasteiger partial charge is 0.461 e. The van der Waals surface area contributed by atoms with Gasteiger partial charge >= 0.3 is 0 Å². The van der Waals surface area contributed by atoms with E-state index in [4.69, 9.17) is 4.74 Å². The van der Waals surface area contributed by atoms with Crippen molar-refractivity contribution in [1.29, 1.82) is 0 Å². The Morgan fingerprint density at radius 1 is 1.13 bits per heavy atom. The third kappa shape index (κ3) is 4.38. The van der Waals surface area contributed by atoms with E-state index in [2.05, 4.69) is 34.9 Å². The number of allylic oxidation sites excluding steroid dienone is 1. The van der Waals surface area contributed by atoms with Crippen molar-refractivity contribution in [2.45, 2.75) is 39.0 Å². The van der Waals surface area contributed by atoms with Crippen LogP contribution >= 0.6 is 0 Å².